The number of carbonyl (C=O) groups excluding carboxylic acids is 1. The average Bonchev–Trinajstić information content (AvgIpc) is 3.06. The lowest BCUT2D eigenvalue weighted by molar-refractivity contribution is -0.136. The number of imidazole rings is 1. The van der Waals surface area contributed by atoms with Crippen molar-refractivity contribution in [3.63, 3.8) is 0 Å². The van der Waals surface area contributed by atoms with Crippen LogP contribution >= 0.6 is 0 Å². The molecule has 146 valence electrons. The monoisotopic (exact) mass is 383 g/mol. The van der Waals surface area contributed by atoms with Crippen LogP contribution in [0.25, 0.3) is 0 Å². The Morgan fingerprint density at radius 1 is 1.38 bits per heavy atom. The highest BCUT2D eigenvalue weighted by Gasteiger charge is 2.47. The molecule has 1 spiro atoms. The molecule has 9 heteroatoms. The van der Waals surface area contributed by atoms with E-state index in [0.717, 1.165) is 50.7 Å². The standard InChI is InChI=1S/C17H29N5O3S/c1-4-8-22-9-5-14-15(19-12-18-14)17(22)6-10-21(11-7-17)16(23)13(2)20-26(3,24)25/h12-13,20H,4-11H2,1-3H3,(H,18,19). The van der Waals surface area contributed by atoms with Crippen LogP contribution in [0.4, 0.5) is 0 Å². The van der Waals surface area contributed by atoms with Crippen LogP contribution < -0.4 is 4.72 Å². The van der Waals surface area contributed by atoms with Crippen LogP contribution in [-0.2, 0) is 26.8 Å². The first kappa shape index (κ1) is 19.3. The zero-order chi connectivity index (χ0) is 18.9. The molecular formula is C17H29N5O3S. The normalized spacial score (nSPS) is 21.6. The molecule has 1 aromatic rings. The van der Waals surface area contributed by atoms with E-state index in [2.05, 4.69) is 26.5 Å². The van der Waals surface area contributed by atoms with Crippen LogP contribution in [0.5, 0.6) is 0 Å². The van der Waals surface area contributed by atoms with Gasteiger partial charge in [-0.2, -0.15) is 0 Å². The Labute approximate surface area is 155 Å². The number of amides is 1. The lowest BCUT2D eigenvalue weighted by atomic mass is 9.78. The van der Waals surface area contributed by atoms with Crippen LogP contribution in [0, 0.1) is 0 Å². The number of sulfonamides is 1. The number of nitrogens with one attached hydrogen (secondary N) is 2. The molecule has 1 saturated heterocycles. The number of aromatic amines is 1. The zero-order valence-corrected chi connectivity index (χ0v) is 16.6. The maximum atomic E-state index is 12.6. The van der Waals surface area contributed by atoms with Crippen molar-refractivity contribution < 1.29 is 13.2 Å². The summed E-state index contributed by atoms with van der Waals surface area (Å²) in [6, 6.07) is -0.738. The van der Waals surface area contributed by atoms with Crippen molar-refractivity contribution in [1.82, 2.24) is 24.5 Å². The van der Waals surface area contributed by atoms with E-state index in [4.69, 9.17) is 0 Å². The van der Waals surface area contributed by atoms with Crippen molar-refractivity contribution in [2.24, 2.45) is 0 Å². The molecule has 8 nitrogen and oxygen atoms in total. The molecule has 0 radical (unpaired) electrons. The fourth-order valence-corrected chi connectivity index (χ4v) is 5.16. The Hall–Kier alpha value is -1.45. The van der Waals surface area contributed by atoms with E-state index < -0.39 is 16.1 Å². The highest BCUT2D eigenvalue weighted by atomic mass is 32.2. The molecule has 2 N–H and O–H groups in total. The second-order valence-corrected chi connectivity index (χ2v) is 9.22. The molecular weight excluding hydrogens is 354 g/mol. The molecule has 1 fully saturated rings. The van der Waals surface area contributed by atoms with E-state index in [-0.39, 0.29) is 11.4 Å². The number of aromatic nitrogens is 2. The van der Waals surface area contributed by atoms with Crippen LogP contribution in [0.3, 0.4) is 0 Å². The lowest BCUT2D eigenvalue weighted by Crippen LogP contribution is -2.58. The first-order valence-corrected chi connectivity index (χ1v) is 11.2. The molecule has 1 amide bonds. The summed E-state index contributed by atoms with van der Waals surface area (Å²) >= 11 is 0. The van der Waals surface area contributed by atoms with Gasteiger partial charge in [-0.1, -0.05) is 6.92 Å². The Bertz CT molecular complexity index is 752. The fraction of sp³-hybridized carbons (Fsp3) is 0.765. The van der Waals surface area contributed by atoms with Gasteiger partial charge in [0.1, 0.15) is 0 Å². The first-order valence-electron chi connectivity index (χ1n) is 9.30. The summed E-state index contributed by atoms with van der Waals surface area (Å²) in [5.74, 6) is -0.162. The SMILES string of the molecule is CCCN1CCc2[nH]cnc2C12CCN(C(=O)C(C)NS(C)(=O)=O)CC2. The summed E-state index contributed by atoms with van der Waals surface area (Å²) in [5.41, 5.74) is 2.23. The molecule has 1 unspecified atom stereocenters. The number of H-pyrrole nitrogens is 1. The minimum atomic E-state index is -3.40. The Morgan fingerprint density at radius 2 is 2.08 bits per heavy atom. The van der Waals surface area contributed by atoms with Crippen LogP contribution in [-0.4, -0.2) is 72.6 Å². The molecule has 26 heavy (non-hydrogen) atoms. The Balaban J connectivity index is 1.75. The molecule has 3 rings (SSSR count). The van der Waals surface area contributed by atoms with E-state index in [1.807, 2.05) is 0 Å². The highest BCUT2D eigenvalue weighted by Crippen LogP contribution is 2.42. The average molecular weight is 384 g/mol. The van der Waals surface area contributed by atoms with E-state index in [1.165, 1.54) is 5.69 Å². The topological polar surface area (TPSA) is 98.4 Å². The Kier molecular flexibility index (Phi) is 5.41. The number of rotatable bonds is 5. The minimum absolute atomic E-state index is 0.117. The summed E-state index contributed by atoms with van der Waals surface area (Å²) in [4.78, 5) is 24.8. The van der Waals surface area contributed by atoms with Crippen LogP contribution in [0.15, 0.2) is 6.33 Å². The maximum absolute atomic E-state index is 12.6. The fourth-order valence-electron chi connectivity index (χ4n) is 4.41. The van der Waals surface area contributed by atoms with Crippen molar-refractivity contribution in [3.8, 4) is 0 Å². The lowest BCUT2D eigenvalue weighted by Gasteiger charge is -2.50. The summed E-state index contributed by atoms with van der Waals surface area (Å²) in [7, 11) is -3.40. The van der Waals surface area contributed by atoms with Crippen molar-refractivity contribution in [3.05, 3.63) is 17.7 Å². The number of likely N-dealkylation sites (tertiary alicyclic amines) is 1. The molecule has 0 aromatic carbocycles. The third-order valence-electron chi connectivity index (χ3n) is 5.55. The van der Waals surface area contributed by atoms with E-state index in [9.17, 15) is 13.2 Å². The van der Waals surface area contributed by atoms with Gasteiger partial charge >= 0.3 is 0 Å². The van der Waals surface area contributed by atoms with Crippen LogP contribution in [0.1, 0.15) is 44.5 Å². The van der Waals surface area contributed by atoms with Gasteiger partial charge in [-0.05, 0) is 32.7 Å². The molecule has 0 saturated carbocycles. The maximum Gasteiger partial charge on any atom is 0.240 e. The molecule has 0 bridgehead atoms. The van der Waals surface area contributed by atoms with Crippen molar-refractivity contribution >= 4 is 15.9 Å². The van der Waals surface area contributed by atoms with Crippen molar-refractivity contribution in [1.29, 1.82) is 0 Å². The van der Waals surface area contributed by atoms with Gasteiger partial charge in [0, 0.05) is 31.7 Å². The van der Waals surface area contributed by atoms with Crippen LogP contribution in [0.2, 0.25) is 0 Å². The summed E-state index contributed by atoms with van der Waals surface area (Å²) < 4.78 is 25.2. The number of hydrogen-bond acceptors (Lipinski definition) is 5. The van der Waals surface area contributed by atoms with E-state index in [0.29, 0.717) is 13.1 Å². The van der Waals surface area contributed by atoms with Gasteiger partial charge in [0.25, 0.3) is 0 Å². The summed E-state index contributed by atoms with van der Waals surface area (Å²) in [6.07, 6.45) is 6.56. The number of fused-ring (bicyclic) bond motifs is 2. The van der Waals surface area contributed by atoms with E-state index in [1.54, 1.807) is 18.2 Å². The van der Waals surface area contributed by atoms with Gasteiger partial charge in [0.05, 0.1) is 29.9 Å². The van der Waals surface area contributed by atoms with Gasteiger partial charge < -0.3 is 9.88 Å². The first-order chi connectivity index (χ1) is 12.3. The highest BCUT2D eigenvalue weighted by molar-refractivity contribution is 7.88. The summed E-state index contributed by atoms with van der Waals surface area (Å²) in [5, 5.41) is 0. The number of piperidine rings is 1. The molecule has 3 heterocycles. The molecule has 2 aliphatic rings. The third kappa shape index (κ3) is 3.65. The largest absolute Gasteiger partial charge is 0.348 e. The molecule has 0 aliphatic carbocycles. The predicted octanol–water partition coefficient (Wildman–Crippen LogP) is 0.433. The molecule has 1 atom stereocenters. The van der Waals surface area contributed by atoms with Crippen molar-refractivity contribution in [2.75, 3.05) is 32.4 Å². The van der Waals surface area contributed by atoms with Gasteiger partial charge in [0.15, 0.2) is 0 Å². The van der Waals surface area contributed by atoms with Crippen molar-refractivity contribution in [2.45, 2.75) is 51.1 Å². The third-order valence-corrected chi connectivity index (χ3v) is 6.33. The smallest absolute Gasteiger partial charge is 0.240 e. The number of nitrogens with zero attached hydrogens (tertiary/aromatic N) is 3. The van der Waals surface area contributed by atoms with Gasteiger partial charge in [-0.3, -0.25) is 9.69 Å². The number of carbonyl (C=O) groups is 1. The van der Waals surface area contributed by atoms with E-state index >= 15 is 0 Å². The molecule has 2 aliphatic heterocycles. The number of hydrogen-bond donors (Lipinski definition) is 2. The second kappa shape index (κ2) is 7.28. The summed E-state index contributed by atoms with van der Waals surface area (Å²) in [6.45, 7) is 7.03. The quantitative estimate of drug-likeness (QED) is 0.768. The molecule has 1 aromatic heterocycles. The zero-order valence-electron chi connectivity index (χ0n) is 15.8. The Morgan fingerprint density at radius 3 is 2.69 bits per heavy atom. The predicted molar refractivity (Wildman–Crippen MR) is 99.1 cm³/mol. The van der Waals surface area contributed by atoms with Gasteiger partial charge in [-0.15, -0.1) is 0 Å². The minimum Gasteiger partial charge on any atom is -0.348 e. The van der Waals surface area contributed by atoms with Gasteiger partial charge in [-0.25, -0.2) is 18.1 Å². The second-order valence-electron chi connectivity index (χ2n) is 7.44. The van der Waals surface area contributed by atoms with Gasteiger partial charge in [0.2, 0.25) is 15.9 Å².